The van der Waals surface area contributed by atoms with Crippen LogP contribution in [-0.2, 0) is 11.2 Å². The number of carboxylic acid groups (broad SMARTS) is 1. The monoisotopic (exact) mass is 255 g/mol. The highest BCUT2D eigenvalue weighted by molar-refractivity contribution is 5.73. The summed E-state index contributed by atoms with van der Waals surface area (Å²) < 4.78 is 0. The molecule has 1 aromatic rings. The summed E-state index contributed by atoms with van der Waals surface area (Å²) in [6.45, 7) is 3.84. The molecular weight excluding hydrogens is 234 g/mol. The van der Waals surface area contributed by atoms with Crippen LogP contribution in [0, 0.1) is 5.92 Å². The first-order valence-corrected chi connectivity index (χ1v) is 6.09. The molecule has 0 amide bonds. The summed E-state index contributed by atoms with van der Waals surface area (Å²) >= 11 is 0. The molecule has 0 aliphatic heterocycles. The fourth-order valence-corrected chi connectivity index (χ4v) is 1.83. The van der Waals surface area contributed by atoms with Gasteiger partial charge in [0.2, 0.25) is 0 Å². The number of rotatable bonds is 8. The highest BCUT2D eigenvalue weighted by Gasteiger charge is 2.22. The largest absolute Gasteiger partial charge is 0.480 e. The van der Waals surface area contributed by atoms with E-state index in [4.69, 9.17) is 5.11 Å². The first-order chi connectivity index (χ1) is 8.52. The molecule has 0 saturated heterocycles. The summed E-state index contributed by atoms with van der Waals surface area (Å²) in [5.41, 5.74) is 0.871. The van der Waals surface area contributed by atoms with Crippen molar-refractivity contribution in [2.24, 2.45) is 5.92 Å². The van der Waals surface area contributed by atoms with Crippen molar-refractivity contribution in [3.63, 3.8) is 0 Å². The van der Waals surface area contributed by atoms with Gasteiger partial charge in [-0.05, 0) is 12.3 Å². The van der Waals surface area contributed by atoms with Crippen LogP contribution in [0.4, 0.5) is 0 Å². The van der Waals surface area contributed by atoms with E-state index in [0.717, 1.165) is 5.69 Å². The zero-order valence-corrected chi connectivity index (χ0v) is 10.8. The van der Waals surface area contributed by atoms with Gasteiger partial charge in [0.25, 0.3) is 0 Å². The zero-order valence-electron chi connectivity index (χ0n) is 10.8. The van der Waals surface area contributed by atoms with Crippen molar-refractivity contribution >= 4 is 5.97 Å². The van der Waals surface area contributed by atoms with Gasteiger partial charge >= 0.3 is 5.97 Å². The number of aromatic nitrogens is 2. The number of imidazole rings is 1. The van der Waals surface area contributed by atoms with E-state index in [9.17, 15) is 9.90 Å². The number of nitrogens with one attached hydrogen (secondary N) is 2. The maximum Gasteiger partial charge on any atom is 0.320 e. The third-order valence-electron chi connectivity index (χ3n) is 2.68. The molecule has 0 spiro atoms. The normalized spacial score (nSPS) is 14.7. The molecular formula is C12H21N3O3. The van der Waals surface area contributed by atoms with Crippen LogP contribution >= 0.6 is 0 Å². The van der Waals surface area contributed by atoms with Gasteiger partial charge < -0.3 is 15.2 Å². The number of aromatic amines is 1. The third-order valence-corrected chi connectivity index (χ3v) is 2.68. The number of aliphatic carboxylic acids is 1. The lowest BCUT2D eigenvalue weighted by atomic mass is 10.0. The molecule has 6 nitrogen and oxygen atoms in total. The maximum atomic E-state index is 11.1. The van der Waals surface area contributed by atoms with Crippen LogP contribution in [0.3, 0.4) is 0 Å². The predicted octanol–water partition coefficient (Wildman–Crippen LogP) is 0.402. The van der Waals surface area contributed by atoms with Crippen molar-refractivity contribution in [2.75, 3.05) is 6.61 Å². The Hall–Kier alpha value is -1.40. The van der Waals surface area contributed by atoms with Gasteiger partial charge in [-0.2, -0.15) is 0 Å². The van der Waals surface area contributed by atoms with Gasteiger partial charge in [0.15, 0.2) is 0 Å². The molecule has 0 fully saturated rings. The standard InChI is InChI=1S/C12H21N3O3/c1-8(2)3-11(12(17)18)15-10(6-16)4-9-5-13-7-14-9/h5,7-8,10-11,15-16H,3-4,6H2,1-2H3,(H,13,14)(H,17,18). The van der Waals surface area contributed by atoms with Crippen molar-refractivity contribution in [2.45, 2.75) is 38.8 Å². The lowest BCUT2D eigenvalue weighted by Gasteiger charge is -2.22. The quantitative estimate of drug-likeness (QED) is 0.539. The smallest absolute Gasteiger partial charge is 0.320 e. The molecule has 102 valence electrons. The lowest BCUT2D eigenvalue weighted by molar-refractivity contribution is -0.140. The first kappa shape index (κ1) is 14.7. The Kier molecular flexibility index (Phi) is 5.80. The van der Waals surface area contributed by atoms with E-state index in [1.807, 2.05) is 13.8 Å². The molecule has 4 N–H and O–H groups in total. The second kappa shape index (κ2) is 7.13. The number of H-pyrrole nitrogens is 1. The Morgan fingerprint density at radius 1 is 1.56 bits per heavy atom. The zero-order chi connectivity index (χ0) is 13.5. The molecule has 0 aromatic carbocycles. The average molecular weight is 255 g/mol. The number of nitrogens with zero attached hydrogens (tertiary/aromatic N) is 1. The third kappa shape index (κ3) is 4.85. The Morgan fingerprint density at radius 2 is 2.28 bits per heavy atom. The average Bonchev–Trinajstić information content (AvgIpc) is 2.79. The SMILES string of the molecule is CC(C)CC(NC(CO)Cc1cnc[nH]1)C(=O)O. The molecule has 0 aliphatic carbocycles. The number of aliphatic hydroxyl groups excluding tert-OH is 1. The number of carboxylic acids is 1. The number of carbonyl (C=O) groups is 1. The van der Waals surface area contributed by atoms with Gasteiger partial charge in [-0.1, -0.05) is 13.8 Å². The van der Waals surface area contributed by atoms with Gasteiger partial charge in [0.05, 0.1) is 12.9 Å². The summed E-state index contributed by atoms with van der Waals surface area (Å²) in [6.07, 6.45) is 4.29. The fourth-order valence-electron chi connectivity index (χ4n) is 1.83. The summed E-state index contributed by atoms with van der Waals surface area (Å²) in [5, 5.41) is 21.4. The second-order valence-electron chi connectivity index (χ2n) is 4.85. The summed E-state index contributed by atoms with van der Waals surface area (Å²) in [4.78, 5) is 18.0. The Morgan fingerprint density at radius 3 is 2.72 bits per heavy atom. The number of hydrogen-bond acceptors (Lipinski definition) is 4. The minimum atomic E-state index is -0.883. The van der Waals surface area contributed by atoms with Crippen LogP contribution in [0.2, 0.25) is 0 Å². The second-order valence-corrected chi connectivity index (χ2v) is 4.85. The molecule has 1 heterocycles. The minimum Gasteiger partial charge on any atom is -0.480 e. The van der Waals surface area contributed by atoms with Gasteiger partial charge in [0, 0.05) is 24.4 Å². The highest BCUT2D eigenvalue weighted by Crippen LogP contribution is 2.07. The number of aliphatic hydroxyl groups is 1. The van der Waals surface area contributed by atoms with E-state index in [1.54, 1.807) is 12.5 Å². The van der Waals surface area contributed by atoms with Gasteiger partial charge in [-0.15, -0.1) is 0 Å². The first-order valence-electron chi connectivity index (χ1n) is 6.09. The van der Waals surface area contributed by atoms with Crippen LogP contribution in [0.15, 0.2) is 12.5 Å². The Bertz CT molecular complexity index is 351. The minimum absolute atomic E-state index is 0.110. The maximum absolute atomic E-state index is 11.1. The van der Waals surface area contributed by atoms with Gasteiger partial charge in [-0.3, -0.25) is 10.1 Å². The van der Waals surface area contributed by atoms with Gasteiger partial charge in [-0.25, -0.2) is 4.98 Å². The van der Waals surface area contributed by atoms with E-state index >= 15 is 0 Å². The van der Waals surface area contributed by atoms with Crippen LogP contribution in [0.1, 0.15) is 26.0 Å². The molecule has 0 saturated carbocycles. The Labute approximate surface area is 106 Å². The van der Waals surface area contributed by atoms with E-state index in [2.05, 4.69) is 15.3 Å². The molecule has 18 heavy (non-hydrogen) atoms. The summed E-state index contributed by atoms with van der Waals surface area (Å²) in [6, 6.07) is -0.921. The number of hydrogen-bond donors (Lipinski definition) is 4. The predicted molar refractivity (Wildman–Crippen MR) is 67.2 cm³/mol. The van der Waals surface area contributed by atoms with Crippen LogP contribution in [0.5, 0.6) is 0 Å². The fraction of sp³-hybridized carbons (Fsp3) is 0.667. The molecule has 0 aliphatic rings. The molecule has 1 rings (SSSR count). The van der Waals surface area contributed by atoms with E-state index < -0.39 is 12.0 Å². The summed E-state index contributed by atoms with van der Waals surface area (Å²) in [5.74, 6) is -0.600. The van der Waals surface area contributed by atoms with E-state index in [-0.39, 0.29) is 18.6 Å². The van der Waals surface area contributed by atoms with Crippen molar-refractivity contribution < 1.29 is 15.0 Å². The Balaban J connectivity index is 2.56. The van der Waals surface area contributed by atoms with Gasteiger partial charge in [0.1, 0.15) is 6.04 Å². The van der Waals surface area contributed by atoms with Crippen LogP contribution in [0.25, 0.3) is 0 Å². The topological polar surface area (TPSA) is 98.2 Å². The van der Waals surface area contributed by atoms with Crippen LogP contribution in [-0.4, -0.2) is 44.8 Å². The van der Waals surface area contributed by atoms with E-state index in [0.29, 0.717) is 12.8 Å². The van der Waals surface area contributed by atoms with Crippen LogP contribution < -0.4 is 5.32 Å². The molecule has 1 aromatic heterocycles. The van der Waals surface area contributed by atoms with Crippen molar-refractivity contribution in [3.05, 3.63) is 18.2 Å². The molecule has 0 bridgehead atoms. The summed E-state index contributed by atoms with van der Waals surface area (Å²) in [7, 11) is 0. The van der Waals surface area contributed by atoms with Crippen molar-refractivity contribution in [3.8, 4) is 0 Å². The van der Waals surface area contributed by atoms with E-state index in [1.165, 1.54) is 0 Å². The highest BCUT2D eigenvalue weighted by atomic mass is 16.4. The van der Waals surface area contributed by atoms with Crippen molar-refractivity contribution in [1.29, 1.82) is 0 Å². The lowest BCUT2D eigenvalue weighted by Crippen LogP contribution is -2.46. The molecule has 6 heteroatoms. The molecule has 2 atom stereocenters. The molecule has 0 radical (unpaired) electrons. The molecule has 2 unspecified atom stereocenters. The van der Waals surface area contributed by atoms with Crippen molar-refractivity contribution in [1.82, 2.24) is 15.3 Å².